The van der Waals surface area contributed by atoms with Crippen molar-refractivity contribution < 1.29 is 18.0 Å². The summed E-state index contributed by atoms with van der Waals surface area (Å²) in [5.74, 6) is -0.452. The summed E-state index contributed by atoms with van der Waals surface area (Å²) < 4.78 is 28.4. The number of amides is 2. The Labute approximate surface area is 206 Å². The molecule has 7 nitrogen and oxygen atoms in total. The molecule has 9 heteroatoms. The quantitative estimate of drug-likeness (QED) is 0.529. The predicted molar refractivity (Wildman–Crippen MR) is 134 cm³/mol. The maximum atomic E-state index is 13.5. The summed E-state index contributed by atoms with van der Waals surface area (Å²) in [6, 6.07) is 13.3. The van der Waals surface area contributed by atoms with Gasteiger partial charge in [-0.05, 0) is 62.9 Å². The lowest BCUT2D eigenvalue weighted by molar-refractivity contribution is -0.118. The van der Waals surface area contributed by atoms with Crippen molar-refractivity contribution in [1.29, 1.82) is 0 Å². The number of hydrogen-bond acceptors (Lipinski definition) is 4. The molecule has 34 heavy (non-hydrogen) atoms. The van der Waals surface area contributed by atoms with Crippen molar-refractivity contribution in [3.63, 3.8) is 0 Å². The first-order chi connectivity index (χ1) is 16.1. The van der Waals surface area contributed by atoms with E-state index in [2.05, 4.69) is 17.2 Å². The third-order valence-electron chi connectivity index (χ3n) is 5.91. The lowest BCUT2D eigenvalue weighted by Gasteiger charge is -2.41. The molecule has 0 radical (unpaired) electrons. The molecule has 2 amide bonds. The van der Waals surface area contributed by atoms with Crippen molar-refractivity contribution in [2.75, 3.05) is 5.32 Å². The zero-order valence-electron chi connectivity index (χ0n) is 19.3. The number of nitrogens with zero attached hydrogens (tertiary/aromatic N) is 1. The Morgan fingerprint density at radius 1 is 1.12 bits per heavy atom. The van der Waals surface area contributed by atoms with Gasteiger partial charge in [0.15, 0.2) is 0 Å². The SMILES string of the molecule is C=CC(=O)NC1CC(C)N(S(=O)(=O)c2ccc(NC(=O)CCc3ccccc3)cc2Cl)C(C)C1. The highest BCUT2D eigenvalue weighted by Gasteiger charge is 2.40. The molecule has 0 aromatic heterocycles. The number of hydrogen-bond donors (Lipinski definition) is 2. The zero-order valence-corrected chi connectivity index (χ0v) is 20.9. The van der Waals surface area contributed by atoms with Gasteiger partial charge >= 0.3 is 0 Å². The van der Waals surface area contributed by atoms with Gasteiger partial charge in [-0.15, -0.1) is 0 Å². The van der Waals surface area contributed by atoms with Crippen molar-refractivity contribution in [1.82, 2.24) is 9.62 Å². The largest absolute Gasteiger partial charge is 0.350 e. The Hall–Kier alpha value is -2.68. The highest BCUT2D eigenvalue weighted by molar-refractivity contribution is 7.89. The van der Waals surface area contributed by atoms with Gasteiger partial charge in [0.1, 0.15) is 4.90 Å². The first-order valence-electron chi connectivity index (χ1n) is 11.2. The van der Waals surface area contributed by atoms with Crippen molar-refractivity contribution in [3.8, 4) is 0 Å². The summed E-state index contributed by atoms with van der Waals surface area (Å²) in [6.45, 7) is 7.09. The Balaban J connectivity index is 1.68. The highest BCUT2D eigenvalue weighted by Crippen LogP contribution is 2.34. The molecule has 2 N–H and O–H groups in total. The van der Waals surface area contributed by atoms with E-state index in [1.54, 1.807) is 6.07 Å². The van der Waals surface area contributed by atoms with Gasteiger partial charge in [0.2, 0.25) is 21.8 Å². The van der Waals surface area contributed by atoms with Gasteiger partial charge in [-0.3, -0.25) is 9.59 Å². The fourth-order valence-electron chi connectivity index (χ4n) is 4.44. The number of nitrogens with one attached hydrogen (secondary N) is 2. The first-order valence-corrected chi connectivity index (χ1v) is 13.0. The van der Waals surface area contributed by atoms with E-state index in [9.17, 15) is 18.0 Å². The van der Waals surface area contributed by atoms with E-state index in [4.69, 9.17) is 11.6 Å². The monoisotopic (exact) mass is 503 g/mol. The summed E-state index contributed by atoms with van der Waals surface area (Å²) >= 11 is 6.38. The number of aryl methyl sites for hydroxylation is 1. The van der Waals surface area contributed by atoms with E-state index in [0.717, 1.165) is 5.56 Å². The van der Waals surface area contributed by atoms with Crippen LogP contribution >= 0.6 is 11.6 Å². The predicted octanol–water partition coefficient (Wildman–Crippen LogP) is 4.14. The maximum absolute atomic E-state index is 13.5. The van der Waals surface area contributed by atoms with Crippen molar-refractivity contribution >= 4 is 39.1 Å². The molecule has 0 aliphatic carbocycles. The molecular weight excluding hydrogens is 474 g/mol. The molecule has 2 aromatic rings. The van der Waals surface area contributed by atoms with Gasteiger partial charge in [0.25, 0.3) is 0 Å². The molecule has 1 saturated heterocycles. The van der Waals surface area contributed by atoms with Gasteiger partial charge in [-0.2, -0.15) is 4.31 Å². The molecule has 2 aromatic carbocycles. The van der Waals surface area contributed by atoms with Crippen LogP contribution in [-0.2, 0) is 26.0 Å². The number of anilines is 1. The van der Waals surface area contributed by atoms with Crippen molar-refractivity contribution in [2.24, 2.45) is 0 Å². The van der Waals surface area contributed by atoms with Crippen LogP contribution in [0.25, 0.3) is 0 Å². The van der Waals surface area contributed by atoms with Crippen LogP contribution in [0.1, 0.15) is 38.7 Å². The number of rotatable bonds is 8. The molecule has 0 saturated carbocycles. The van der Waals surface area contributed by atoms with Crippen LogP contribution in [0.4, 0.5) is 5.69 Å². The minimum Gasteiger partial charge on any atom is -0.350 e. The Morgan fingerprint density at radius 3 is 2.35 bits per heavy atom. The second kappa shape index (κ2) is 11.2. The molecule has 2 unspecified atom stereocenters. The van der Waals surface area contributed by atoms with E-state index in [1.807, 2.05) is 44.2 Å². The third kappa shape index (κ3) is 6.25. The van der Waals surface area contributed by atoms with Crippen LogP contribution in [0, 0.1) is 0 Å². The molecule has 3 rings (SSSR count). The average molecular weight is 504 g/mol. The zero-order chi connectivity index (χ0) is 24.9. The molecule has 0 spiro atoms. The second-order valence-corrected chi connectivity index (χ2v) is 10.8. The van der Waals surface area contributed by atoms with Gasteiger partial charge in [-0.25, -0.2) is 8.42 Å². The molecule has 182 valence electrons. The molecule has 2 atom stereocenters. The minimum absolute atomic E-state index is 0.0104. The van der Waals surface area contributed by atoms with Gasteiger partial charge in [0.05, 0.1) is 5.02 Å². The average Bonchev–Trinajstić information content (AvgIpc) is 2.77. The highest BCUT2D eigenvalue weighted by atomic mass is 35.5. The molecule has 1 heterocycles. The number of halogens is 1. The molecule has 1 fully saturated rings. The van der Waals surface area contributed by atoms with Crippen LogP contribution in [0.5, 0.6) is 0 Å². The first kappa shape index (κ1) is 25.9. The summed E-state index contributed by atoms with van der Waals surface area (Å²) in [5.41, 5.74) is 1.50. The van der Waals surface area contributed by atoms with Crippen LogP contribution in [0.2, 0.25) is 5.02 Å². The lowest BCUT2D eigenvalue weighted by atomic mass is 9.95. The number of carbonyl (C=O) groups excluding carboxylic acids is 2. The normalized spacial score (nSPS) is 21.0. The van der Waals surface area contributed by atoms with Crippen molar-refractivity contribution in [3.05, 3.63) is 71.8 Å². The fraction of sp³-hybridized carbons (Fsp3) is 0.360. The summed E-state index contributed by atoms with van der Waals surface area (Å²) in [7, 11) is -3.88. The van der Waals surface area contributed by atoms with E-state index in [-0.39, 0.29) is 39.9 Å². The number of benzene rings is 2. The molecular formula is C25H30ClN3O4S. The Morgan fingerprint density at radius 2 is 1.76 bits per heavy atom. The molecule has 1 aliphatic rings. The van der Waals surface area contributed by atoms with E-state index < -0.39 is 10.0 Å². The van der Waals surface area contributed by atoms with Crippen LogP contribution in [0.15, 0.2) is 66.1 Å². The van der Waals surface area contributed by atoms with Gasteiger partial charge in [-0.1, -0.05) is 48.5 Å². The topological polar surface area (TPSA) is 95.6 Å². The van der Waals surface area contributed by atoms with Gasteiger partial charge in [0, 0.05) is 30.2 Å². The minimum atomic E-state index is -3.88. The maximum Gasteiger partial charge on any atom is 0.245 e. The van der Waals surface area contributed by atoms with E-state index in [0.29, 0.717) is 31.4 Å². The standard InChI is InChI=1S/C25H30ClN3O4S/c1-4-24(30)28-21-14-17(2)29(18(3)15-21)34(32,33)23-12-11-20(16-22(23)26)27-25(31)13-10-19-8-6-5-7-9-19/h4-9,11-12,16-18,21H,1,10,13-15H2,2-3H3,(H,27,31)(H,28,30). The number of carbonyl (C=O) groups is 2. The Kier molecular flexibility index (Phi) is 8.52. The summed E-state index contributed by atoms with van der Waals surface area (Å²) in [4.78, 5) is 24.0. The Bertz CT molecular complexity index is 1140. The van der Waals surface area contributed by atoms with Crippen LogP contribution in [-0.4, -0.2) is 42.7 Å². The summed E-state index contributed by atoms with van der Waals surface area (Å²) in [6.07, 6.45) is 3.08. The number of piperidine rings is 1. The van der Waals surface area contributed by atoms with E-state index in [1.165, 1.54) is 22.5 Å². The van der Waals surface area contributed by atoms with Crippen molar-refractivity contribution in [2.45, 2.75) is 62.6 Å². The smallest absolute Gasteiger partial charge is 0.245 e. The van der Waals surface area contributed by atoms with Gasteiger partial charge < -0.3 is 10.6 Å². The molecule has 0 bridgehead atoms. The molecule has 1 aliphatic heterocycles. The van der Waals surface area contributed by atoms with Crippen LogP contribution in [0.3, 0.4) is 0 Å². The van der Waals surface area contributed by atoms with Crippen LogP contribution < -0.4 is 10.6 Å². The number of sulfonamides is 1. The lowest BCUT2D eigenvalue weighted by Crippen LogP contribution is -2.54. The fourth-order valence-corrected chi connectivity index (χ4v) is 6.81. The van der Waals surface area contributed by atoms with E-state index >= 15 is 0 Å². The third-order valence-corrected chi connectivity index (χ3v) is 8.52. The second-order valence-electron chi connectivity index (χ2n) is 8.59. The summed E-state index contributed by atoms with van der Waals surface area (Å²) in [5, 5.41) is 5.68.